The third kappa shape index (κ3) is 2.77. The van der Waals surface area contributed by atoms with Gasteiger partial charge in [-0.05, 0) is 23.6 Å². The lowest BCUT2D eigenvalue weighted by Crippen LogP contribution is -2.32. The second-order valence-electron chi connectivity index (χ2n) is 4.14. The minimum absolute atomic E-state index is 0.202. The number of hydrogen-bond acceptors (Lipinski definition) is 2. The van der Waals surface area contributed by atoms with Crippen LogP contribution in [0.15, 0.2) is 18.2 Å². The summed E-state index contributed by atoms with van der Waals surface area (Å²) in [6.45, 7) is 3.93. The molecule has 0 heterocycles. The molecule has 0 saturated carbocycles. The minimum Gasteiger partial charge on any atom is -0.379 e. The van der Waals surface area contributed by atoms with Gasteiger partial charge in [-0.15, -0.1) is 0 Å². The Kier molecular flexibility index (Phi) is 4.38. The first-order valence-corrected chi connectivity index (χ1v) is 5.20. The van der Waals surface area contributed by atoms with E-state index in [1.807, 2.05) is 13.8 Å². The van der Waals surface area contributed by atoms with Crippen LogP contribution in [-0.2, 0) is 4.74 Å². The van der Waals surface area contributed by atoms with Crippen molar-refractivity contribution in [1.82, 2.24) is 0 Å². The molecule has 0 bridgehead atoms. The Labute approximate surface area is 94.4 Å². The monoisotopic (exact) mass is 229 g/mol. The highest BCUT2D eigenvalue weighted by molar-refractivity contribution is 5.22. The molecular weight excluding hydrogens is 212 g/mol. The van der Waals surface area contributed by atoms with Crippen molar-refractivity contribution in [3.05, 3.63) is 35.4 Å². The van der Waals surface area contributed by atoms with Crippen LogP contribution in [0, 0.1) is 17.6 Å². The van der Waals surface area contributed by atoms with Crippen molar-refractivity contribution < 1.29 is 13.5 Å². The lowest BCUT2D eigenvalue weighted by Gasteiger charge is -2.26. The first kappa shape index (κ1) is 13.1. The maximum absolute atomic E-state index is 13.0. The van der Waals surface area contributed by atoms with Gasteiger partial charge in [-0.1, -0.05) is 19.9 Å². The van der Waals surface area contributed by atoms with Gasteiger partial charge in [0.15, 0.2) is 11.6 Å². The molecule has 1 rings (SSSR count). The molecule has 90 valence electrons. The highest BCUT2D eigenvalue weighted by Crippen LogP contribution is 2.23. The summed E-state index contributed by atoms with van der Waals surface area (Å²) < 4.78 is 31.1. The van der Waals surface area contributed by atoms with Crippen LogP contribution < -0.4 is 5.73 Å². The third-order valence-electron chi connectivity index (χ3n) is 2.61. The molecule has 0 aromatic heterocycles. The number of methoxy groups -OCH3 is 1. The number of halogens is 2. The van der Waals surface area contributed by atoms with E-state index in [0.29, 0.717) is 5.56 Å². The van der Waals surface area contributed by atoms with E-state index in [9.17, 15) is 8.78 Å². The molecule has 0 fully saturated rings. The first-order valence-electron chi connectivity index (χ1n) is 5.20. The van der Waals surface area contributed by atoms with Crippen molar-refractivity contribution in [1.29, 1.82) is 0 Å². The average molecular weight is 229 g/mol. The second-order valence-corrected chi connectivity index (χ2v) is 4.14. The highest BCUT2D eigenvalue weighted by Gasteiger charge is 2.23. The molecule has 1 aromatic rings. The largest absolute Gasteiger partial charge is 0.379 e. The number of ether oxygens (including phenoxy) is 1. The van der Waals surface area contributed by atoms with Crippen LogP contribution in [0.3, 0.4) is 0 Å². The quantitative estimate of drug-likeness (QED) is 0.861. The zero-order valence-electron chi connectivity index (χ0n) is 9.71. The molecular formula is C12H17F2NO. The van der Waals surface area contributed by atoms with Crippen molar-refractivity contribution in [2.24, 2.45) is 11.7 Å². The minimum atomic E-state index is -0.883. The summed E-state index contributed by atoms with van der Waals surface area (Å²) in [5.41, 5.74) is 6.50. The van der Waals surface area contributed by atoms with E-state index in [-0.39, 0.29) is 12.0 Å². The molecule has 0 amide bonds. The first-order chi connectivity index (χ1) is 7.47. The normalized spacial score (nSPS) is 15.2. The van der Waals surface area contributed by atoms with Gasteiger partial charge in [0, 0.05) is 7.11 Å². The molecule has 2 unspecified atom stereocenters. The van der Waals surface area contributed by atoms with Crippen molar-refractivity contribution in [2.75, 3.05) is 7.11 Å². The fraction of sp³-hybridized carbons (Fsp3) is 0.500. The zero-order chi connectivity index (χ0) is 12.3. The predicted octanol–water partition coefficient (Wildman–Crippen LogP) is 2.64. The average Bonchev–Trinajstić information content (AvgIpc) is 2.22. The van der Waals surface area contributed by atoms with Crippen molar-refractivity contribution in [3.8, 4) is 0 Å². The molecule has 0 saturated heterocycles. The van der Waals surface area contributed by atoms with Gasteiger partial charge in [0.1, 0.15) is 0 Å². The van der Waals surface area contributed by atoms with Gasteiger partial charge in [-0.25, -0.2) is 8.78 Å². The molecule has 2 N–H and O–H groups in total. The third-order valence-corrected chi connectivity index (χ3v) is 2.61. The van der Waals surface area contributed by atoms with Gasteiger partial charge in [0.2, 0.25) is 0 Å². The molecule has 1 aromatic carbocycles. The summed E-state index contributed by atoms with van der Waals surface area (Å²) >= 11 is 0. The Bertz CT molecular complexity index is 355. The number of benzene rings is 1. The van der Waals surface area contributed by atoms with E-state index < -0.39 is 17.7 Å². The van der Waals surface area contributed by atoms with Gasteiger partial charge < -0.3 is 10.5 Å². The van der Waals surface area contributed by atoms with E-state index >= 15 is 0 Å². The Hall–Kier alpha value is -1.00. The van der Waals surface area contributed by atoms with Crippen LogP contribution in [0.25, 0.3) is 0 Å². The van der Waals surface area contributed by atoms with Gasteiger partial charge in [-0.3, -0.25) is 0 Å². The van der Waals surface area contributed by atoms with Crippen molar-refractivity contribution >= 4 is 0 Å². The summed E-state index contributed by atoms with van der Waals surface area (Å²) in [7, 11) is 1.56. The standard InChI is InChI=1S/C12H17F2NO/c1-7(2)12(16-3)11(15)8-4-5-9(13)10(14)6-8/h4-7,11-12H,15H2,1-3H3. The maximum Gasteiger partial charge on any atom is 0.159 e. The molecule has 0 aliphatic heterocycles. The number of hydrogen-bond donors (Lipinski definition) is 1. The fourth-order valence-electron chi connectivity index (χ4n) is 1.74. The Morgan fingerprint density at radius 2 is 1.81 bits per heavy atom. The SMILES string of the molecule is COC(C(C)C)C(N)c1ccc(F)c(F)c1. The summed E-state index contributed by atoms with van der Waals surface area (Å²) in [5.74, 6) is -1.55. The van der Waals surface area contributed by atoms with Crippen LogP contribution in [-0.4, -0.2) is 13.2 Å². The van der Waals surface area contributed by atoms with Crippen molar-refractivity contribution in [2.45, 2.75) is 26.0 Å². The van der Waals surface area contributed by atoms with Gasteiger partial charge in [-0.2, -0.15) is 0 Å². The second kappa shape index (κ2) is 5.37. The zero-order valence-corrected chi connectivity index (χ0v) is 9.71. The molecule has 0 aliphatic rings. The van der Waals surface area contributed by atoms with E-state index in [4.69, 9.17) is 10.5 Å². The van der Waals surface area contributed by atoms with Crippen molar-refractivity contribution in [3.63, 3.8) is 0 Å². The molecule has 0 spiro atoms. The predicted molar refractivity (Wildman–Crippen MR) is 58.9 cm³/mol. The summed E-state index contributed by atoms with van der Waals surface area (Å²) in [6, 6.07) is 3.23. The van der Waals surface area contributed by atoms with Crippen LogP contribution >= 0.6 is 0 Å². The summed E-state index contributed by atoms with van der Waals surface area (Å²) in [4.78, 5) is 0. The fourth-order valence-corrected chi connectivity index (χ4v) is 1.74. The topological polar surface area (TPSA) is 35.2 Å². The van der Waals surface area contributed by atoms with Crippen LogP contribution in [0.5, 0.6) is 0 Å². The van der Waals surface area contributed by atoms with E-state index in [2.05, 4.69) is 0 Å². The number of nitrogens with two attached hydrogens (primary N) is 1. The Morgan fingerprint density at radius 1 is 1.19 bits per heavy atom. The smallest absolute Gasteiger partial charge is 0.159 e. The van der Waals surface area contributed by atoms with E-state index in [1.54, 1.807) is 7.11 Å². The summed E-state index contributed by atoms with van der Waals surface area (Å²) in [5, 5.41) is 0. The molecule has 0 aliphatic carbocycles. The molecule has 0 radical (unpaired) electrons. The molecule has 4 heteroatoms. The van der Waals surface area contributed by atoms with Crippen LogP contribution in [0.4, 0.5) is 8.78 Å². The van der Waals surface area contributed by atoms with Gasteiger partial charge >= 0.3 is 0 Å². The van der Waals surface area contributed by atoms with E-state index in [0.717, 1.165) is 12.1 Å². The lowest BCUT2D eigenvalue weighted by molar-refractivity contribution is 0.0436. The molecule has 2 nitrogen and oxygen atoms in total. The maximum atomic E-state index is 13.0. The van der Waals surface area contributed by atoms with Crippen LogP contribution in [0.1, 0.15) is 25.5 Å². The summed E-state index contributed by atoms with van der Waals surface area (Å²) in [6.07, 6.45) is -0.218. The van der Waals surface area contributed by atoms with Gasteiger partial charge in [0.05, 0.1) is 12.1 Å². The van der Waals surface area contributed by atoms with Crippen LogP contribution in [0.2, 0.25) is 0 Å². The Morgan fingerprint density at radius 3 is 2.25 bits per heavy atom. The van der Waals surface area contributed by atoms with E-state index in [1.165, 1.54) is 6.07 Å². The Balaban J connectivity index is 2.94. The molecule has 16 heavy (non-hydrogen) atoms. The lowest BCUT2D eigenvalue weighted by atomic mass is 9.94. The number of rotatable bonds is 4. The van der Waals surface area contributed by atoms with Gasteiger partial charge in [0.25, 0.3) is 0 Å². The molecule has 2 atom stereocenters. The highest BCUT2D eigenvalue weighted by atomic mass is 19.2.